The summed E-state index contributed by atoms with van der Waals surface area (Å²) < 4.78 is 13.4. The number of carbonyl (C=O) groups is 2. The SMILES string of the molecule is CC(C)CCCC(C(OC(=O)C(=O)OC(C(CCCC(C)C)N1CCCC1)N(Cc1ccccc1)c1ccccc1)N(Cc1ccccc1)c1ccccc1)N1CCCC1. The molecule has 0 aromatic heterocycles. The number of anilines is 2. The smallest absolute Gasteiger partial charge is 0.419 e. The summed E-state index contributed by atoms with van der Waals surface area (Å²) in [6.45, 7) is 13.8. The van der Waals surface area contributed by atoms with Gasteiger partial charge in [-0.1, -0.05) is 150 Å². The summed E-state index contributed by atoms with van der Waals surface area (Å²) in [4.78, 5) is 38.9. The minimum atomic E-state index is -0.942. The van der Waals surface area contributed by atoms with Crippen LogP contribution in [0.5, 0.6) is 0 Å². The van der Waals surface area contributed by atoms with E-state index in [0.29, 0.717) is 24.9 Å². The third kappa shape index (κ3) is 13.2. The van der Waals surface area contributed by atoms with Crippen LogP contribution in [-0.4, -0.2) is 72.5 Å². The summed E-state index contributed by atoms with van der Waals surface area (Å²) in [5.41, 5.74) is 4.08. The van der Waals surface area contributed by atoms with Gasteiger partial charge in [-0.25, -0.2) is 9.59 Å². The molecule has 4 aromatic carbocycles. The Hall–Kier alpha value is -4.66. The molecule has 2 heterocycles. The number of rotatable bonds is 22. The Bertz CT molecular complexity index is 1680. The van der Waals surface area contributed by atoms with E-state index in [1.54, 1.807) is 0 Å². The molecule has 4 aromatic rings. The number of benzene rings is 4. The Balaban J connectivity index is 1.38. The van der Waals surface area contributed by atoms with Crippen molar-refractivity contribution in [3.8, 4) is 0 Å². The van der Waals surface area contributed by atoms with Crippen LogP contribution in [0.4, 0.5) is 11.4 Å². The number of hydrogen-bond acceptors (Lipinski definition) is 8. The normalized spacial score (nSPS) is 16.7. The standard InChI is InChI=1S/C52H70N4O4/c1-41(2)23-21-33-47(53-35-17-18-36-53)49(55(45-29-13-7-14-30-45)39-43-25-9-5-10-26-43)59-51(57)52(58)60-50(48(34-22-24-42(3)4)54-37-19-20-38-54)56(46-31-15-8-16-32-46)40-44-27-11-6-12-28-44/h5-16,25-32,41-42,47-50H,17-24,33-40H2,1-4H3. The molecular weight excluding hydrogens is 745 g/mol. The number of carbonyl (C=O) groups excluding carboxylic acids is 2. The van der Waals surface area contributed by atoms with E-state index in [9.17, 15) is 9.59 Å². The van der Waals surface area contributed by atoms with Gasteiger partial charge in [-0.15, -0.1) is 0 Å². The summed E-state index contributed by atoms with van der Waals surface area (Å²) in [5.74, 6) is -0.775. The predicted molar refractivity (Wildman–Crippen MR) is 244 cm³/mol. The Labute approximate surface area is 360 Å². The van der Waals surface area contributed by atoms with Crippen LogP contribution in [0.2, 0.25) is 0 Å². The highest BCUT2D eigenvalue weighted by atomic mass is 16.6. The van der Waals surface area contributed by atoms with Crippen molar-refractivity contribution in [2.75, 3.05) is 36.0 Å². The molecule has 2 aliphatic rings. The minimum absolute atomic E-state index is 0.116. The maximum atomic E-state index is 14.8. The lowest BCUT2D eigenvalue weighted by atomic mass is 10.00. The van der Waals surface area contributed by atoms with Crippen LogP contribution in [0.15, 0.2) is 121 Å². The zero-order valence-electron chi connectivity index (χ0n) is 36.7. The summed E-state index contributed by atoms with van der Waals surface area (Å²) >= 11 is 0. The fraction of sp³-hybridized carbons (Fsp3) is 0.500. The monoisotopic (exact) mass is 815 g/mol. The van der Waals surface area contributed by atoms with Gasteiger partial charge in [0.15, 0.2) is 12.5 Å². The van der Waals surface area contributed by atoms with Crippen molar-refractivity contribution in [3.63, 3.8) is 0 Å². The van der Waals surface area contributed by atoms with Crippen LogP contribution in [0.25, 0.3) is 0 Å². The van der Waals surface area contributed by atoms with E-state index in [1.807, 2.05) is 72.8 Å². The van der Waals surface area contributed by atoms with E-state index in [1.165, 1.54) is 0 Å². The molecule has 4 atom stereocenters. The molecule has 60 heavy (non-hydrogen) atoms. The largest absolute Gasteiger partial charge is 0.431 e. The van der Waals surface area contributed by atoms with Gasteiger partial charge in [0.05, 0.1) is 12.1 Å². The third-order valence-electron chi connectivity index (χ3n) is 12.2. The first kappa shape index (κ1) is 44.9. The number of ether oxygens (including phenoxy) is 2. The number of likely N-dealkylation sites (tertiary alicyclic amines) is 2. The molecule has 0 N–H and O–H groups in total. The molecule has 8 heteroatoms. The number of hydrogen-bond donors (Lipinski definition) is 0. The minimum Gasteiger partial charge on any atom is -0.431 e. The molecule has 0 radical (unpaired) electrons. The van der Waals surface area contributed by atoms with Crippen LogP contribution >= 0.6 is 0 Å². The van der Waals surface area contributed by atoms with E-state index < -0.39 is 24.4 Å². The van der Waals surface area contributed by atoms with Crippen LogP contribution in [0.1, 0.15) is 103 Å². The topological polar surface area (TPSA) is 65.6 Å². The molecule has 0 spiro atoms. The maximum Gasteiger partial charge on any atom is 0.419 e. The lowest BCUT2D eigenvalue weighted by molar-refractivity contribution is -0.178. The van der Waals surface area contributed by atoms with E-state index in [2.05, 4.69) is 95.8 Å². The van der Waals surface area contributed by atoms with E-state index in [4.69, 9.17) is 9.47 Å². The van der Waals surface area contributed by atoms with Crippen molar-refractivity contribution < 1.29 is 19.1 Å². The predicted octanol–water partition coefficient (Wildman–Crippen LogP) is 10.7. The summed E-state index contributed by atoms with van der Waals surface area (Å²) in [6.07, 6.45) is 8.75. The van der Waals surface area contributed by atoms with Crippen molar-refractivity contribution in [1.82, 2.24) is 9.80 Å². The van der Waals surface area contributed by atoms with Gasteiger partial charge in [0.1, 0.15) is 0 Å². The van der Waals surface area contributed by atoms with E-state index in [-0.39, 0.29) is 12.1 Å². The summed E-state index contributed by atoms with van der Waals surface area (Å²) in [7, 11) is 0. The molecule has 0 saturated carbocycles. The van der Waals surface area contributed by atoms with Crippen LogP contribution in [-0.2, 0) is 32.2 Å². The fourth-order valence-electron chi connectivity index (χ4n) is 9.10. The van der Waals surface area contributed by atoms with Crippen LogP contribution < -0.4 is 9.80 Å². The first-order valence-corrected chi connectivity index (χ1v) is 22.9. The number of para-hydroxylation sites is 2. The van der Waals surface area contributed by atoms with Crippen molar-refractivity contribution in [3.05, 3.63) is 132 Å². The molecule has 2 saturated heterocycles. The highest BCUT2D eigenvalue weighted by Crippen LogP contribution is 2.32. The molecule has 4 unspecified atom stereocenters. The maximum absolute atomic E-state index is 14.8. The Kier molecular flexibility index (Phi) is 17.5. The van der Waals surface area contributed by atoms with Gasteiger partial charge < -0.3 is 19.3 Å². The zero-order valence-corrected chi connectivity index (χ0v) is 36.7. The van der Waals surface area contributed by atoms with Crippen LogP contribution in [0, 0.1) is 11.8 Å². The number of nitrogens with zero attached hydrogens (tertiary/aromatic N) is 4. The fourth-order valence-corrected chi connectivity index (χ4v) is 9.10. The van der Waals surface area contributed by atoms with Gasteiger partial charge in [-0.05, 0) is 112 Å². The summed E-state index contributed by atoms with van der Waals surface area (Å²) in [6, 6.07) is 40.9. The molecule has 0 aliphatic carbocycles. The molecular formula is C52H70N4O4. The van der Waals surface area contributed by atoms with Gasteiger partial charge in [0.2, 0.25) is 0 Å². The molecule has 322 valence electrons. The van der Waals surface area contributed by atoms with Crippen LogP contribution in [0.3, 0.4) is 0 Å². The number of esters is 2. The zero-order chi connectivity index (χ0) is 42.1. The van der Waals surface area contributed by atoms with Gasteiger partial charge in [-0.2, -0.15) is 0 Å². The lowest BCUT2D eigenvalue weighted by Gasteiger charge is -2.42. The summed E-state index contributed by atoms with van der Waals surface area (Å²) in [5, 5.41) is 0. The van der Waals surface area contributed by atoms with Crippen molar-refractivity contribution in [1.29, 1.82) is 0 Å². The Morgan fingerprint density at radius 1 is 0.483 bits per heavy atom. The average molecular weight is 815 g/mol. The highest BCUT2D eigenvalue weighted by Gasteiger charge is 2.41. The van der Waals surface area contributed by atoms with Crippen molar-refractivity contribution >= 4 is 23.3 Å². The van der Waals surface area contributed by atoms with Gasteiger partial charge in [0, 0.05) is 24.5 Å². The Morgan fingerprint density at radius 2 is 0.800 bits per heavy atom. The van der Waals surface area contributed by atoms with Gasteiger partial charge >= 0.3 is 11.9 Å². The second-order valence-corrected chi connectivity index (χ2v) is 17.8. The molecule has 0 bridgehead atoms. The second-order valence-electron chi connectivity index (χ2n) is 17.8. The first-order valence-electron chi connectivity index (χ1n) is 22.9. The third-order valence-corrected chi connectivity index (χ3v) is 12.2. The lowest BCUT2D eigenvalue weighted by Crippen LogP contribution is -2.56. The molecule has 2 aliphatic heterocycles. The molecule has 2 fully saturated rings. The van der Waals surface area contributed by atoms with Crippen molar-refractivity contribution in [2.45, 2.75) is 130 Å². The molecule has 6 rings (SSSR count). The average Bonchev–Trinajstić information content (AvgIpc) is 4.01. The van der Waals surface area contributed by atoms with Gasteiger partial charge in [0.25, 0.3) is 0 Å². The highest BCUT2D eigenvalue weighted by molar-refractivity contribution is 6.29. The van der Waals surface area contributed by atoms with E-state index >= 15 is 0 Å². The first-order chi connectivity index (χ1) is 29.3. The van der Waals surface area contributed by atoms with Crippen molar-refractivity contribution in [2.24, 2.45) is 11.8 Å². The molecule has 8 nitrogen and oxygen atoms in total. The van der Waals surface area contributed by atoms with Gasteiger partial charge in [-0.3, -0.25) is 9.80 Å². The molecule has 0 amide bonds. The quantitative estimate of drug-likeness (QED) is 0.0442. The second kappa shape index (κ2) is 23.4. The Morgan fingerprint density at radius 3 is 1.12 bits per heavy atom. The van der Waals surface area contributed by atoms with E-state index in [0.717, 1.165) is 113 Å².